The zero-order chi connectivity index (χ0) is 29.2. The highest BCUT2D eigenvalue weighted by Gasteiger charge is 2.29. The third kappa shape index (κ3) is 9.21. The van der Waals surface area contributed by atoms with Gasteiger partial charge in [0.2, 0.25) is 0 Å². The predicted molar refractivity (Wildman–Crippen MR) is 167 cm³/mol. The van der Waals surface area contributed by atoms with E-state index in [1.165, 1.54) is 36.0 Å². The highest BCUT2D eigenvalue weighted by atomic mass is 16.6. The lowest BCUT2D eigenvalue weighted by Crippen LogP contribution is -2.44. The second-order valence-corrected chi connectivity index (χ2v) is 12.3. The molecule has 0 spiro atoms. The monoisotopic (exact) mass is 554 g/mol. The topological polar surface area (TPSA) is 49.9 Å². The highest BCUT2D eigenvalue weighted by Crippen LogP contribution is 2.24. The van der Waals surface area contributed by atoms with Gasteiger partial charge in [-0.15, -0.1) is 0 Å². The number of hydrogen-bond acceptors (Lipinski definition) is 3. The van der Waals surface area contributed by atoms with Crippen molar-refractivity contribution in [3.05, 3.63) is 95.6 Å². The number of benzene rings is 3. The van der Waals surface area contributed by atoms with Crippen LogP contribution >= 0.6 is 0 Å². The highest BCUT2D eigenvalue weighted by molar-refractivity contribution is 5.94. The van der Waals surface area contributed by atoms with Gasteiger partial charge in [-0.1, -0.05) is 86.5 Å². The van der Waals surface area contributed by atoms with E-state index < -0.39 is 5.60 Å². The van der Waals surface area contributed by atoms with E-state index in [1.807, 2.05) is 56.0 Å². The van der Waals surface area contributed by atoms with Gasteiger partial charge in [0.1, 0.15) is 5.60 Å². The molecule has 1 aliphatic rings. The van der Waals surface area contributed by atoms with Crippen molar-refractivity contribution in [2.45, 2.75) is 78.4 Å². The quantitative estimate of drug-likeness (QED) is 0.237. The molecule has 0 N–H and O–H groups in total. The number of ether oxygens (including phenoxy) is 1. The van der Waals surface area contributed by atoms with E-state index in [4.69, 9.17) is 4.74 Å². The molecule has 0 unspecified atom stereocenters. The first-order valence-corrected chi connectivity index (χ1v) is 15.2. The number of unbranched alkanes of at least 4 members (excludes halogenated alkanes) is 2. The van der Waals surface area contributed by atoms with E-state index in [9.17, 15) is 9.59 Å². The number of amides is 2. The van der Waals surface area contributed by atoms with Crippen LogP contribution in [0.25, 0.3) is 11.1 Å². The minimum Gasteiger partial charge on any atom is -0.444 e. The summed E-state index contributed by atoms with van der Waals surface area (Å²) in [4.78, 5) is 30.2. The molecule has 2 amide bonds. The van der Waals surface area contributed by atoms with Crippen LogP contribution in [-0.4, -0.2) is 47.0 Å². The predicted octanol–water partition coefficient (Wildman–Crippen LogP) is 8.38. The Morgan fingerprint density at radius 1 is 0.829 bits per heavy atom. The molecule has 3 aromatic rings. The van der Waals surface area contributed by atoms with Crippen LogP contribution in [0.15, 0.2) is 78.9 Å². The number of hydrogen-bond donors (Lipinski definition) is 0. The van der Waals surface area contributed by atoms with Gasteiger partial charge in [0.15, 0.2) is 0 Å². The van der Waals surface area contributed by atoms with Crippen LogP contribution in [0, 0.1) is 5.92 Å². The van der Waals surface area contributed by atoms with Crippen LogP contribution in [0.4, 0.5) is 4.79 Å². The Kier molecular flexibility index (Phi) is 10.6. The smallest absolute Gasteiger partial charge is 0.410 e. The molecular weight excluding hydrogens is 508 g/mol. The molecule has 4 rings (SSSR count). The van der Waals surface area contributed by atoms with Gasteiger partial charge in [-0.2, -0.15) is 0 Å². The van der Waals surface area contributed by atoms with Crippen molar-refractivity contribution in [2.24, 2.45) is 5.92 Å². The van der Waals surface area contributed by atoms with Crippen molar-refractivity contribution in [2.75, 3.05) is 19.6 Å². The summed E-state index contributed by atoms with van der Waals surface area (Å²) in [6.45, 7) is 10.4. The van der Waals surface area contributed by atoms with E-state index in [0.717, 1.165) is 30.4 Å². The third-order valence-corrected chi connectivity index (χ3v) is 7.74. The Bertz CT molecular complexity index is 1240. The molecule has 3 aromatic carbocycles. The lowest BCUT2D eigenvalue weighted by Gasteiger charge is -2.35. The lowest BCUT2D eigenvalue weighted by atomic mass is 9.95. The Balaban J connectivity index is 1.45. The van der Waals surface area contributed by atoms with Gasteiger partial charge >= 0.3 is 6.09 Å². The van der Waals surface area contributed by atoms with Crippen LogP contribution in [0.1, 0.15) is 81.3 Å². The number of carbonyl (C=O) groups excluding carboxylic acids is 2. The number of carbonyl (C=O) groups is 2. The van der Waals surface area contributed by atoms with Crippen molar-refractivity contribution in [1.82, 2.24) is 9.80 Å². The molecule has 5 nitrogen and oxygen atoms in total. The van der Waals surface area contributed by atoms with Gasteiger partial charge in [0, 0.05) is 31.7 Å². The summed E-state index contributed by atoms with van der Waals surface area (Å²) in [5.41, 5.74) is 4.98. The Morgan fingerprint density at radius 3 is 2.05 bits per heavy atom. The summed E-state index contributed by atoms with van der Waals surface area (Å²) >= 11 is 0. The molecule has 0 aromatic heterocycles. The van der Waals surface area contributed by atoms with E-state index in [0.29, 0.717) is 32.1 Å². The minimum atomic E-state index is -0.501. The van der Waals surface area contributed by atoms with Crippen LogP contribution in [0.3, 0.4) is 0 Å². The van der Waals surface area contributed by atoms with Crippen molar-refractivity contribution >= 4 is 12.0 Å². The molecular formula is C36H46N2O3. The largest absolute Gasteiger partial charge is 0.444 e. The van der Waals surface area contributed by atoms with Gasteiger partial charge < -0.3 is 14.5 Å². The molecule has 5 heteroatoms. The van der Waals surface area contributed by atoms with Crippen molar-refractivity contribution in [3.63, 3.8) is 0 Å². The molecule has 1 aliphatic heterocycles. The molecule has 0 aliphatic carbocycles. The van der Waals surface area contributed by atoms with E-state index in [2.05, 4.69) is 55.5 Å². The molecule has 0 bridgehead atoms. The first-order valence-electron chi connectivity index (χ1n) is 15.2. The summed E-state index contributed by atoms with van der Waals surface area (Å²) in [7, 11) is 0. The van der Waals surface area contributed by atoms with Crippen LogP contribution in [0.2, 0.25) is 0 Å². The SMILES string of the molecule is CCCCCc1ccc(C(=O)N(Cc2ccc(-c3ccccc3)cc2)CC2CCN(C(=O)OC(C)(C)C)CC2)cc1. The molecule has 0 saturated carbocycles. The number of nitrogens with zero attached hydrogens (tertiary/aromatic N) is 2. The van der Waals surface area contributed by atoms with Gasteiger partial charge in [0.05, 0.1) is 0 Å². The Labute approximate surface area is 246 Å². The average Bonchev–Trinajstić information content (AvgIpc) is 2.97. The van der Waals surface area contributed by atoms with Gasteiger partial charge in [0.25, 0.3) is 5.91 Å². The summed E-state index contributed by atoms with van der Waals surface area (Å²) in [6.07, 6.45) is 6.12. The van der Waals surface area contributed by atoms with Crippen LogP contribution in [0.5, 0.6) is 0 Å². The summed E-state index contributed by atoms with van der Waals surface area (Å²) in [6, 6.07) is 27.1. The Hall–Kier alpha value is -3.60. The second-order valence-electron chi connectivity index (χ2n) is 12.3. The minimum absolute atomic E-state index is 0.0619. The zero-order valence-corrected chi connectivity index (χ0v) is 25.3. The maximum Gasteiger partial charge on any atom is 0.410 e. The molecule has 218 valence electrons. The van der Waals surface area contributed by atoms with Gasteiger partial charge in [-0.25, -0.2) is 4.79 Å². The number of rotatable bonds is 10. The maximum atomic E-state index is 13.9. The van der Waals surface area contributed by atoms with Crippen molar-refractivity contribution in [3.8, 4) is 11.1 Å². The van der Waals surface area contributed by atoms with E-state index in [-0.39, 0.29) is 12.0 Å². The van der Waals surface area contributed by atoms with Crippen molar-refractivity contribution in [1.29, 1.82) is 0 Å². The number of piperidine rings is 1. The summed E-state index contributed by atoms with van der Waals surface area (Å²) < 4.78 is 5.57. The van der Waals surface area contributed by atoms with Crippen LogP contribution < -0.4 is 0 Å². The standard InChI is InChI=1S/C36H46N2O3/c1-5-6-8-11-28-14-20-33(21-15-28)34(39)38(26-29-16-18-32(19-17-29)31-12-9-7-10-13-31)27-30-22-24-37(25-23-30)35(40)41-36(2,3)4/h7,9-10,12-21,30H,5-6,8,11,22-27H2,1-4H3. The summed E-state index contributed by atoms with van der Waals surface area (Å²) in [5, 5.41) is 0. The zero-order valence-electron chi connectivity index (χ0n) is 25.3. The van der Waals surface area contributed by atoms with Crippen LogP contribution in [-0.2, 0) is 17.7 Å². The van der Waals surface area contributed by atoms with Gasteiger partial charge in [-0.3, -0.25) is 4.79 Å². The normalized spacial score (nSPS) is 14.1. The molecule has 0 atom stereocenters. The fourth-order valence-electron chi connectivity index (χ4n) is 5.38. The number of likely N-dealkylation sites (tertiary alicyclic amines) is 1. The molecule has 0 radical (unpaired) electrons. The first-order chi connectivity index (χ1) is 19.7. The van der Waals surface area contributed by atoms with Crippen molar-refractivity contribution < 1.29 is 14.3 Å². The fourth-order valence-corrected chi connectivity index (χ4v) is 5.38. The third-order valence-electron chi connectivity index (χ3n) is 7.74. The molecule has 1 heterocycles. The lowest BCUT2D eigenvalue weighted by molar-refractivity contribution is 0.0165. The maximum absolute atomic E-state index is 13.9. The number of aryl methyl sites for hydroxylation is 1. The Morgan fingerprint density at radius 2 is 1.44 bits per heavy atom. The van der Waals surface area contributed by atoms with E-state index in [1.54, 1.807) is 4.90 Å². The molecule has 41 heavy (non-hydrogen) atoms. The first kappa shape index (κ1) is 30.4. The molecule has 1 saturated heterocycles. The average molecular weight is 555 g/mol. The summed E-state index contributed by atoms with van der Waals surface area (Å²) in [5.74, 6) is 0.390. The van der Waals surface area contributed by atoms with E-state index >= 15 is 0 Å². The second kappa shape index (κ2) is 14.3. The fraction of sp³-hybridized carbons (Fsp3) is 0.444. The van der Waals surface area contributed by atoms with Gasteiger partial charge in [-0.05, 0) is 86.8 Å². The molecule has 1 fully saturated rings.